The zero-order valence-electron chi connectivity index (χ0n) is 78.9. The first-order valence-electron chi connectivity index (χ1n) is 45.6. The van der Waals surface area contributed by atoms with Gasteiger partial charge in [0, 0.05) is 102 Å². The van der Waals surface area contributed by atoms with Gasteiger partial charge < -0.3 is 32.9 Å². The van der Waals surface area contributed by atoms with Crippen LogP contribution >= 0.6 is 39.5 Å². The molecule has 5 aromatic heterocycles. The smallest absolute Gasteiger partial charge is 0.316 e. The molecule has 17 aromatic rings. The number of benzene rings is 12. The minimum absolute atomic E-state index is 0.180. The van der Waals surface area contributed by atoms with E-state index < -0.39 is 16.5 Å². The third kappa shape index (κ3) is 21.5. The second-order valence-corrected chi connectivity index (χ2v) is 49.7. The molecule has 0 unspecified atom stereocenters. The fourth-order valence-electron chi connectivity index (χ4n) is 20.5. The SMILES string of the molecule is CC(=O)Cc1cccc2ccccc12.CCOC(=O)CSc1c[nH]c(C)c1-c1cccc2ccccc12.CCOC(=O)CSc1c[nH]c(C)c1-c1cccc2ccccc12.Cc1[nH]ccc1-c1cccc2ccccc12.Cc1c(-c2cccc3ccccc23)c(Br)cn1[Si](C(C)C)(C(C)C)C(C)C.Cc1c(-c2cccc3ccccc23)ccn1[Si](C(C)C)(C(C)C)C(C)C. The highest BCUT2D eigenvalue weighted by Crippen LogP contribution is 2.50. The van der Waals surface area contributed by atoms with Gasteiger partial charge in [0.25, 0.3) is 0 Å². The number of aryl methyl sites for hydroxylation is 3. The maximum absolute atomic E-state index is 11.6. The van der Waals surface area contributed by atoms with Crippen molar-refractivity contribution in [2.24, 2.45) is 0 Å². The molecule has 10 nitrogen and oxygen atoms in total. The topological polar surface area (TPSA) is 127 Å². The van der Waals surface area contributed by atoms with Crippen molar-refractivity contribution in [2.75, 3.05) is 24.7 Å². The van der Waals surface area contributed by atoms with Crippen molar-refractivity contribution < 1.29 is 23.9 Å². The highest BCUT2D eigenvalue weighted by Gasteiger charge is 2.48. The number of H-pyrrole nitrogens is 3. The normalized spacial score (nSPS) is 11.6. The molecular weight excluding hydrogens is 1720 g/mol. The number of fused-ring (bicyclic) bond motifs is 6. The summed E-state index contributed by atoms with van der Waals surface area (Å²) in [6.45, 7) is 46.2. The fraction of sp³-hybridized carbons (Fsp3) is 0.272. The van der Waals surface area contributed by atoms with Gasteiger partial charge >= 0.3 is 11.9 Å². The maximum Gasteiger partial charge on any atom is 0.316 e. The van der Waals surface area contributed by atoms with E-state index in [4.69, 9.17) is 9.47 Å². The summed E-state index contributed by atoms with van der Waals surface area (Å²) in [7, 11) is -3.48. The van der Waals surface area contributed by atoms with Crippen molar-refractivity contribution in [3.8, 4) is 55.6 Å². The monoisotopic (exact) mass is 1850 g/mol. The summed E-state index contributed by atoms with van der Waals surface area (Å²) in [5.41, 5.74) is 24.2. The molecule has 0 radical (unpaired) electrons. The minimum Gasteiger partial charge on any atom is -0.465 e. The lowest BCUT2D eigenvalue weighted by Crippen LogP contribution is -2.52. The number of nitrogens with one attached hydrogen (secondary N) is 3. The molecule has 0 amide bonds. The van der Waals surface area contributed by atoms with E-state index in [0.29, 0.717) is 64.4 Å². The molecule has 3 N–H and O–H groups in total. The lowest BCUT2D eigenvalue weighted by Gasteiger charge is -2.45. The number of nitrogens with zero attached hydrogens (tertiary/aromatic N) is 2. The Hall–Kier alpha value is -11.2. The first kappa shape index (κ1) is 96.9. The molecule has 0 saturated carbocycles. The van der Waals surface area contributed by atoms with Gasteiger partial charge in [-0.25, -0.2) is 0 Å². The Morgan fingerprint density at radius 1 is 0.349 bits per heavy atom. The molecule has 0 bridgehead atoms. The standard InChI is InChI=1S/C24H32BrNSi.C24H33NSi.2C19H19NO2S.C15H13N.C13H12O/c1-16(2)27(17(3)4,18(5)6)26-15-23(25)24(19(26)7)22-14-10-12-20-11-8-9-13-21(20)22;1-17(2)26(18(3)4,19(5)6)25-16-15-22(20(25)7)24-14-10-12-21-11-8-9-13-23(21)24;2*1-3-22-18(21)12-23-17-11-20-13(2)19(17)16-10-6-8-14-7-4-5-9-15(14)16;1-11-13(9-10-16-11)15-8-4-6-12-5-2-3-7-14(12)15;1-10(14)9-12-7-4-6-11-5-2-3-8-13(11)12/h8-18H,1-7H3;8-19H,1-7H3;2*4-11,20H,3,12H2,1-2H3;2-10,16H,1H3;2-8H,9H2,1H3. The first-order chi connectivity index (χ1) is 62.1. The Labute approximate surface area is 784 Å². The summed E-state index contributed by atoms with van der Waals surface area (Å²) in [5.74, 6) is 0.494. The van der Waals surface area contributed by atoms with Gasteiger partial charge in [0.2, 0.25) is 0 Å². The number of Topliss-reactive ketones (excluding diaryl/α,β-unsaturated/α-hetero) is 1. The zero-order chi connectivity index (χ0) is 92.4. The average Bonchev–Trinajstić information content (AvgIpc) is 1.69. The Kier molecular flexibility index (Phi) is 33.4. The molecule has 17 rings (SSSR count). The molecule has 0 aliphatic carbocycles. The van der Waals surface area contributed by atoms with Crippen LogP contribution in [0.15, 0.2) is 312 Å². The quantitative estimate of drug-likeness (QED) is 0.0331. The number of ketones is 1. The lowest BCUT2D eigenvalue weighted by atomic mass is 9.99. The Balaban J connectivity index is 0.000000142. The molecular formula is C114H128BrN5O5S2Si2. The Morgan fingerprint density at radius 2 is 0.667 bits per heavy atom. The fourth-order valence-corrected chi connectivity index (χ4v) is 36.6. The molecule has 0 saturated heterocycles. The molecule has 666 valence electrons. The van der Waals surface area contributed by atoms with Crippen LogP contribution in [0, 0.1) is 34.6 Å². The van der Waals surface area contributed by atoms with Gasteiger partial charge in [0.05, 0.1) is 24.7 Å². The van der Waals surface area contributed by atoms with Gasteiger partial charge in [-0.15, -0.1) is 23.5 Å². The molecule has 0 fully saturated rings. The van der Waals surface area contributed by atoms with E-state index in [1.54, 1.807) is 6.92 Å². The molecule has 0 atom stereocenters. The third-order valence-corrected chi connectivity index (χ3v) is 42.1. The molecule has 12 aromatic carbocycles. The van der Waals surface area contributed by atoms with E-state index in [1.165, 1.54) is 154 Å². The predicted molar refractivity (Wildman–Crippen MR) is 563 cm³/mol. The van der Waals surface area contributed by atoms with Gasteiger partial charge in [-0.2, -0.15) is 0 Å². The van der Waals surface area contributed by atoms with E-state index in [9.17, 15) is 14.4 Å². The Bertz CT molecular complexity index is 6480. The number of hydrogen-bond acceptors (Lipinski definition) is 7. The summed E-state index contributed by atoms with van der Waals surface area (Å²) in [5, 5.41) is 15.1. The van der Waals surface area contributed by atoms with Crippen molar-refractivity contribution >= 4 is 138 Å². The van der Waals surface area contributed by atoms with Gasteiger partial charge in [-0.3, -0.25) is 14.4 Å². The van der Waals surface area contributed by atoms with Gasteiger partial charge in [0.1, 0.15) is 5.78 Å². The van der Waals surface area contributed by atoms with Crippen LogP contribution in [-0.4, -0.2) is 82.3 Å². The van der Waals surface area contributed by atoms with Crippen molar-refractivity contribution in [3.05, 3.63) is 336 Å². The van der Waals surface area contributed by atoms with Crippen molar-refractivity contribution in [2.45, 2.75) is 188 Å². The number of hydrogen-bond donors (Lipinski definition) is 3. The minimum atomic E-state index is -1.77. The molecule has 5 heterocycles. The van der Waals surface area contributed by atoms with Crippen LogP contribution in [0.1, 0.15) is 138 Å². The van der Waals surface area contributed by atoms with Crippen LogP contribution in [0.25, 0.3) is 120 Å². The summed E-state index contributed by atoms with van der Waals surface area (Å²) in [6.07, 6.45) is 11.2. The lowest BCUT2D eigenvalue weighted by molar-refractivity contribution is -0.140. The second kappa shape index (κ2) is 44.4. The summed E-state index contributed by atoms with van der Waals surface area (Å²) in [4.78, 5) is 46.3. The second-order valence-electron chi connectivity index (χ2n) is 35.4. The maximum atomic E-state index is 11.6. The van der Waals surface area contributed by atoms with Crippen LogP contribution in [0.5, 0.6) is 0 Å². The molecule has 129 heavy (non-hydrogen) atoms. The van der Waals surface area contributed by atoms with Crippen LogP contribution < -0.4 is 0 Å². The summed E-state index contributed by atoms with van der Waals surface area (Å²) >= 11 is 6.96. The van der Waals surface area contributed by atoms with Crippen molar-refractivity contribution in [1.82, 2.24) is 23.4 Å². The van der Waals surface area contributed by atoms with E-state index in [0.717, 1.165) is 37.9 Å². The van der Waals surface area contributed by atoms with Gasteiger partial charge in [-0.1, -0.05) is 338 Å². The van der Waals surface area contributed by atoms with Gasteiger partial charge in [-0.05, 0) is 221 Å². The molecule has 0 spiro atoms. The van der Waals surface area contributed by atoms with E-state index in [-0.39, 0.29) is 17.7 Å². The number of aromatic amines is 3. The van der Waals surface area contributed by atoms with E-state index in [1.807, 2.05) is 68.8 Å². The number of rotatable bonds is 23. The number of aromatic nitrogens is 5. The largest absolute Gasteiger partial charge is 0.465 e. The highest BCUT2D eigenvalue weighted by atomic mass is 79.9. The number of carbonyl (C=O) groups excluding carboxylic acids is 3. The Morgan fingerprint density at radius 3 is 1.02 bits per heavy atom. The van der Waals surface area contributed by atoms with E-state index >= 15 is 0 Å². The number of halogens is 1. The number of thioether (sulfide) groups is 2. The summed E-state index contributed by atoms with van der Waals surface area (Å²) in [6, 6.07) is 93.8. The number of carbonyl (C=O) groups is 3. The molecule has 0 aliphatic heterocycles. The third-order valence-electron chi connectivity index (χ3n) is 25.7. The van der Waals surface area contributed by atoms with Crippen LogP contribution in [0.3, 0.4) is 0 Å². The van der Waals surface area contributed by atoms with Crippen LogP contribution in [-0.2, 0) is 30.3 Å². The molecule has 0 aliphatic rings. The van der Waals surface area contributed by atoms with Crippen LogP contribution in [0.2, 0.25) is 33.2 Å². The average molecular weight is 1850 g/mol. The van der Waals surface area contributed by atoms with Gasteiger partial charge in [0.15, 0.2) is 16.5 Å². The van der Waals surface area contributed by atoms with Crippen molar-refractivity contribution in [3.63, 3.8) is 0 Å². The number of esters is 2. The highest BCUT2D eigenvalue weighted by molar-refractivity contribution is 9.10. The molecule has 15 heteroatoms. The van der Waals surface area contributed by atoms with Crippen molar-refractivity contribution in [1.29, 1.82) is 0 Å². The first-order valence-corrected chi connectivity index (χ1v) is 52.7. The van der Waals surface area contributed by atoms with Crippen LogP contribution in [0.4, 0.5) is 0 Å². The predicted octanol–water partition coefficient (Wildman–Crippen LogP) is 32.8. The van der Waals surface area contributed by atoms with E-state index in [2.05, 4.69) is 400 Å². The summed E-state index contributed by atoms with van der Waals surface area (Å²) < 4.78 is 16.7. The zero-order valence-corrected chi connectivity index (χ0v) is 84.1. The number of ether oxygens (including phenoxy) is 2.